The Kier molecular flexibility index (Phi) is 2.41. The van der Waals surface area contributed by atoms with E-state index in [1.54, 1.807) is 4.98 Å². The van der Waals surface area contributed by atoms with E-state index < -0.39 is 23.0 Å². The van der Waals surface area contributed by atoms with Gasteiger partial charge in [-0.15, -0.1) is 6.58 Å². The Bertz CT molecular complexity index is 447. The van der Waals surface area contributed by atoms with Crippen LogP contribution in [0.4, 0.5) is 8.78 Å². The van der Waals surface area contributed by atoms with Crippen LogP contribution in [0.2, 0.25) is 0 Å². The first kappa shape index (κ1) is 9.37. The minimum atomic E-state index is -1.60. The fraction of sp³-hybridized carbons (Fsp3) is 0.143. The van der Waals surface area contributed by atoms with Gasteiger partial charge in [-0.1, -0.05) is 6.08 Å². The van der Waals surface area contributed by atoms with Crippen molar-refractivity contribution in [3.8, 4) is 0 Å². The van der Waals surface area contributed by atoms with E-state index in [4.69, 9.17) is 0 Å². The molecule has 1 rings (SSSR count). The topological polar surface area (TPSA) is 54.9 Å². The van der Waals surface area contributed by atoms with Gasteiger partial charge in [0, 0.05) is 6.54 Å². The fourth-order valence-corrected chi connectivity index (χ4v) is 0.816. The van der Waals surface area contributed by atoms with Crippen LogP contribution >= 0.6 is 0 Å². The van der Waals surface area contributed by atoms with Gasteiger partial charge in [-0.25, -0.2) is 4.79 Å². The Balaban J connectivity index is 3.53. The second-order valence-corrected chi connectivity index (χ2v) is 2.26. The zero-order chi connectivity index (χ0) is 10.0. The first-order valence-electron chi connectivity index (χ1n) is 3.37. The third-order valence-electron chi connectivity index (χ3n) is 1.40. The molecule has 0 radical (unpaired) electrons. The third-order valence-corrected chi connectivity index (χ3v) is 1.40. The van der Waals surface area contributed by atoms with Crippen LogP contribution in [0, 0.1) is 11.8 Å². The number of halogens is 2. The monoisotopic (exact) mass is 188 g/mol. The molecule has 0 spiro atoms. The van der Waals surface area contributed by atoms with Gasteiger partial charge < -0.3 is 0 Å². The van der Waals surface area contributed by atoms with E-state index in [0.717, 1.165) is 0 Å². The van der Waals surface area contributed by atoms with Crippen molar-refractivity contribution in [2.75, 3.05) is 0 Å². The second kappa shape index (κ2) is 3.34. The maximum absolute atomic E-state index is 12.6. The lowest BCUT2D eigenvalue weighted by atomic mass is 10.5. The number of aromatic amines is 1. The smallest absolute Gasteiger partial charge is 0.281 e. The average Bonchev–Trinajstić information content (AvgIpc) is 2.09. The summed E-state index contributed by atoms with van der Waals surface area (Å²) in [6.45, 7) is 3.10. The minimum Gasteiger partial charge on any atom is -0.281 e. The quantitative estimate of drug-likeness (QED) is 0.524. The zero-order valence-corrected chi connectivity index (χ0v) is 6.51. The summed E-state index contributed by atoms with van der Waals surface area (Å²) in [6.07, 6.45) is 1.23. The molecule has 1 N–H and O–H groups in total. The van der Waals surface area contributed by atoms with Gasteiger partial charge in [0.05, 0.1) is 0 Å². The number of allylic oxidation sites excluding steroid dienone is 1. The van der Waals surface area contributed by atoms with E-state index in [2.05, 4.69) is 6.58 Å². The van der Waals surface area contributed by atoms with E-state index in [9.17, 15) is 18.4 Å². The Labute approximate surface area is 71.1 Å². The highest BCUT2D eigenvalue weighted by molar-refractivity contribution is 4.91. The van der Waals surface area contributed by atoms with Crippen molar-refractivity contribution in [3.63, 3.8) is 0 Å². The Morgan fingerprint density at radius 1 is 1.46 bits per heavy atom. The van der Waals surface area contributed by atoms with Gasteiger partial charge in [0.15, 0.2) is 0 Å². The van der Waals surface area contributed by atoms with E-state index in [1.807, 2.05) is 0 Å². The molecule has 0 bridgehead atoms. The summed E-state index contributed by atoms with van der Waals surface area (Å²) in [4.78, 5) is 23.3. The number of hydrogen-bond acceptors (Lipinski definition) is 2. The third kappa shape index (κ3) is 1.56. The molecule has 0 amide bonds. The van der Waals surface area contributed by atoms with Crippen LogP contribution in [0.25, 0.3) is 0 Å². The van der Waals surface area contributed by atoms with Crippen LogP contribution in [0.15, 0.2) is 22.2 Å². The van der Waals surface area contributed by atoms with Crippen LogP contribution in [-0.2, 0) is 6.54 Å². The molecule has 1 aromatic rings. The molecule has 0 unspecified atom stereocenters. The van der Waals surface area contributed by atoms with Crippen molar-refractivity contribution < 1.29 is 8.78 Å². The number of H-pyrrole nitrogens is 1. The molecule has 0 fully saturated rings. The van der Waals surface area contributed by atoms with Crippen molar-refractivity contribution >= 4 is 0 Å². The summed E-state index contributed by atoms with van der Waals surface area (Å²) in [5.41, 5.74) is -2.29. The lowest BCUT2D eigenvalue weighted by Crippen LogP contribution is -2.37. The number of nitrogens with zero attached hydrogens (tertiary/aromatic N) is 1. The molecule has 0 aliphatic rings. The van der Waals surface area contributed by atoms with E-state index >= 15 is 0 Å². The molecule has 1 aromatic heterocycles. The SMILES string of the molecule is C=CCn1c(=O)[nH]c(F)c(F)c1=O. The van der Waals surface area contributed by atoms with Gasteiger partial charge in [-0.05, 0) is 0 Å². The molecule has 1 heterocycles. The Morgan fingerprint density at radius 3 is 2.62 bits per heavy atom. The van der Waals surface area contributed by atoms with Crippen molar-refractivity contribution in [1.29, 1.82) is 0 Å². The number of nitrogens with one attached hydrogen (secondary N) is 1. The maximum Gasteiger partial charge on any atom is 0.330 e. The zero-order valence-electron chi connectivity index (χ0n) is 6.51. The molecule has 0 saturated carbocycles. The molecule has 0 aromatic carbocycles. The summed E-state index contributed by atoms with van der Waals surface area (Å²) in [7, 11) is 0. The van der Waals surface area contributed by atoms with Gasteiger partial charge in [0.1, 0.15) is 0 Å². The van der Waals surface area contributed by atoms with E-state index in [1.165, 1.54) is 6.08 Å². The number of hydrogen-bond donors (Lipinski definition) is 1. The van der Waals surface area contributed by atoms with Gasteiger partial charge >= 0.3 is 5.69 Å². The molecule has 6 heteroatoms. The first-order chi connectivity index (χ1) is 6.07. The van der Waals surface area contributed by atoms with E-state index in [-0.39, 0.29) is 6.54 Å². The highest BCUT2D eigenvalue weighted by atomic mass is 19.2. The predicted octanol–water partition coefficient (Wildman–Crippen LogP) is 0.000800. The molecule has 4 nitrogen and oxygen atoms in total. The van der Waals surface area contributed by atoms with Gasteiger partial charge in [0.25, 0.3) is 5.56 Å². The van der Waals surface area contributed by atoms with Crippen LogP contribution in [0.3, 0.4) is 0 Å². The average molecular weight is 188 g/mol. The van der Waals surface area contributed by atoms with Crippen LogP contribution < -0.4 is 11.2 Å². The maximum atomic E-state index is 12.6. The summed E-state index contributed by atoms with van der Waals surface area (Å²) >= 11 is 0. The second-order valence-electron chi connectivity index (χ2n) is 2.26. The molecular weight excluding hydrogens is 182 g/mol. The Morgan fingerprint density at radius 2 is 2.08 bits per heavy atom. The predicted molar refractivity (Wildman–Crippen MR) is 41.4 cm³/mol. The number of rotatable bonds is 2. The van der Waals surface area contributed by atoms with Crippen LogP contribution in [0.5, 0.6) is 0 Å². The summed E-state index contributed by atoms with van der Waals surface area (Å²) in [5, 5.41) is 0. The lowest BCUT2D eigenvalue weighted by molar-refractivity contribution is 0.442. The summed E-state index contributed by atoms with van der Waals surface area (Å²) in [6, 6.07) is 0. The summed E-state index contributed by atoms with van der Waals surface area (Å²) < 4.78 is 25.5. The first-order valence-corrected chi connectivity index (χ1v) is 3.37. The highest BCUT2D eigenvalue weighted by Gasteiger charge is 2.11. The molecule has 0 atom stereocenters. The van der Waals surface area contributed by atoms with Gasteiger partial charge in [-0.3, -0.25) is 14.3 Å². The summed E-state index contributed by atoms with van der Waals surface area (Å²) in [5.74, 6) is -3.14. The lowest BCUT2D eigenvalue weighted by Gasteiger charge is -1.99. The van der Waals surface area contributed by atoms with Gasteiger partial charge in [0.2, 0.25) is 11.8 Å². The molecule has 70 valence electrons. The van der Waals surface area contributed by atoms with Crippen molar-refractivity contribution in [2.24, 2.45) is 0 Å². The minimum absolute atomic E-state index is 0.161. The molecule has 13 heavy (non-hydrogen) atoms. The highest BCUT2D eigenvalue weighted by Crippen LogP contribution is 1.90. The van der Waals surface area contributed by atoms with Crippen LogP contribution in [0.1, 0.15) is 0 Å². The fourth-order valence-electron chi connectivity index (χ4n) is 0.816. The van der Waals surface area contributed by atoms with Crippen molar-refractivity contribution in [2.45, 2.75) is 6.54 Å². The standard InChI is InChI=1S/C7H6F2N2O2/c1-2-3-11-6(12)4(8)5(9)10-7(11)13/h2H,1,3H2,(H,10,13). The number of aromatic nitrogens is 2. The normalized spacial score (nSPS) is 10.0. The molecule has 0 aliphatic heterocycles. The van der Waals surface area contributed by atoms with Gasteiger partial charge in [-0.2, -0.15) is 8.78 Å². The largest absolute Gasteiger partial charge is 0.330 e. The van der Waals surface area contributed by atoms with Crippen molar-refractivity contribution in [1.82, 2.24) is 9.55 Å². The van der Waals surface area contributed by atoms with Crippen molar-refractivity contribution in [3.05, 3.63) is 45.3 Å². The molecule has 0 saturated heterocycles. The van der Waals surface area contributed by atoms with Crippen LogP contribution in [-0.4, -0.2) is 9.55 Å². The van der Waals surface area contributed by atoms with E-state index in [0.29, 0.717) is 4.57 Å². The molecular formula is C7H6F2N2O2. The Hall–Kier alpha value is -1.72. The molecule has 0 aliphatic carbocycles.